The first-order chi connectivity index (χ1) is 11.5. The number of benzene rings is 1. The summed E-state index contributed by atoms with van der Waals surface area (Å²) in [5.41, 5.74) is 0.0745. The van der Waals surface area contributed by atoms with Gasteiger partial charge in [-0.15, -0.1) is 0 Å². The van der Waals surface area contributed by atoms with E-state index in [0.717, 1.165) is 19.3 Å². The Hall–Kier alpha value is -2.21. The number of hydrogen-bond acceptors (Lipinski definition) is 3. The standard InChI is InChI=1S/C18H21FN2O3/c1-2-18(11-22)5-7-21(8-6-18)17(24)14-10-16(23)20-15-9-12(19)3-4-13(14)15/h3-4,9-10,22H,2,5-8,11H2,1H3,(H,20,23). The van der Waals surface area contributed by atoms with Crippen LogP contribution in [0.4, 0.5) is 4.39 Å². The Morgan fingerprint density at radius 3 is 2.67 bits per heavy atom. The lowest BCUT2D eigenvalue weighted by Gasteiger charge is -2.40. The van der Waals surface area contributed by atoms with E-state index in [-0.39, 0.29) is 17.9 Å². The Balaban J connectivity index is 1.91. The Morgan fingerprint density at radius 2 is 2.04 bits per heavy atom. The van der Waals surface area contributed by atoms with Crippen molar-refractivity contribution in [3.8, 4) is 0 Å². The average molecular weight is 332 g/mol. The molecule has 0 aliphatic carbocycles. The number of halogens is 1. The van der Waals surface area contributed by atoms with E-state index < -0.39 is 11.4 Å². The van der Waals surface area contributed by atoms with Gasteiger partial charge in [0.1, 0.15) is 5.82 Å². The number of amides is 1. The van der Waals surface area contributed by atoms with Crippen LogP contribution in [0.2, 0.25) is 0 Å². The summed E-state index contributed by atoms with van der Waals surface area (Å²) in [5.74, 6) is -0.684. The van der Waals surface area contributed by atoms with Crippen LogP contribution >= 0.6 is 0 Å². The summed E-state index contributed by atoms with van der Waals surface area (Å²) in [4.78, 5) is 28.9. The molecule has 1 aromatic carbocycles. The number of aromatic nitrogens is 1. The van der Waals surface area contributed by atoms with Gasteiger partial charge in [-0.2, -0.15) is 0 Å². The summed E-state index contributed by atoms with van der Waals surface area (Å²) in [7, 11) is 0. The number of carbonyl (C=O) groups is 1. The second-order valence-electron chi connectivity index (χ2n) is 6.54. The van der Waals surface area contributed by atoms with E-state index in [1.165, 1.54) is 24.3 Å². The zero-order valence-electron chi connectivity index (χ0n) is 13.6. The predicted octanol–water partition coefficient (Wildman–Crippen LogP) is 2.29. The number of H-pyrrole nitrogens is 1. The minimum Gasteiger partial charge on any atom is -0.396 e. The van der Waals surface area contributed by atoms with Gasteiger partial charge < -0.3 is 15.0 Å². The number of nitrogens with zero attached hydrogens (tertiary/aromatic N) is 1. The van der Waals surface area contributed by atoms with Gasteiger partial charge in [0.15, 0.2) is 0 Å². The van der Waals surface area contributed by atoms with E-state index in [1.54, 1.807) is 4.90 Å². The molecule has 1 aliphatic rings. The summed E-state index contributed by atoms with van der Waals surface area (Å²) >= 11 is 0. The van der Waals surface area contributed by atoms with Crippen LogP contribution in [0.15, 0.2) is 29.1 Å². The van der Waals surface area contributed by atoms with Crippen LogP contribution in [0.5, 0.6) is 0 Å². The second kappa shape index (κ2) is 6.36. The molecule has 2 heterocycles. The van der Waals surface area contributed by atoms with Crippen molar-refractivity contribution in [1.82, 2.24) is 9.88 Å². The van der Waals surface area contributed by atoms with E-state index in [2.05, 4.69) is 4.98 Å². The van der Waals surface area contributed by atoms with E-state index >= 15 is 0 Å². The van der Waals surface area contributed by atoms with Crippen LogP contribution < -0.4 is 5.56 Å². The molecule has 2 aromatic rings. The molecule has 2 N–H and O–H groups in total. The molecular weight excluding hydrogens is 311 g/mol. The Bertz CT molecular complexity index is 817. The van der Waals surface area contributed by atoms with Crippen LogP contribution in [-0.4, -0.2) is 40.6 Å². The minimum absolute atomic E-state index is 0.115. The maximum atomic E-state index is 13.4. The molecule has 0 atom stereocenters. The van der Waals surface area contributed by atoms with Crippen molar-refractivity contribution in [2.75, 3.05) is 19.7 Å². The van der Waals surface area contributed by atoms with Crippen LogP contribution in [0.1, 0.15) is 36.5 Å². The molecule has 1 aliphatic heterocycles. The normalized spacial score (nSPS) is 17.2. The van der Waals surface area contributed by atoms with E-state index in [1.807, 2.05) is 6.92 Å². The van der Waals surface area contributed by atoms with Crippen molar-refractivity contribution in [2.45, 2.75) is 26.2 Å². The topological polar surface area (TPSA) is 73.4 Å². The Kier molecular flexibility index (Phi) is 4.41. The lowest BCUT2D eigenvalue weighted by Crippen LogP contribution is -2.44. The van der Waals surface area contributed by atoms with Gasteiger partial charge >= 0.3 is 0 Å². The van der Waals surface area contributed by atoms with Gasteiger partial charge in [0, 0.05) is 31.1 Å². The van der Waals surface area contributed by atoms with Crippen LogP contribution in [0, 0.1) is 11.2 Å². The molecule has 0 bridgehead atoms. The zero-order chi connectivity index (χ0) is 17.3. The summed E-state index contributed by atoms with van der Waals surface area (Å²) < 4.78 is 13.4. The molecule has 24 heavy (non-hydrogen) atoms. The van der Waals surface area contributed by atoms with Crippen molar-refractivity contribution >= 4 is 16.8 Å². The molecular formula is C18H21FN2O3. The summed E-state index contributed by atoms with van der Waals surface area (Å²) in [6.45, 7) is 3.26. The highest BCUT2D eigenvalue weighted by atomic mass is 19.1. The fraction of sp³-hybridized carbons (Fsp3) is 0.444. The summed E-state index contributed by atoms with van der Waals surface area (Å²) in [5, 5.41) is 10.1. The first kappa shape index (κ1) is 16.6. The largest absolute Gasteiger partial charge is 0.396 e. The van der Waals surface area contributed by atoms with Crippen molar-refractivity contribution in [1.29, 1.82) is 0 Å². The van der Waals surface area contributed by atoms with Gasteiger partial charge in [-0.3, -0.25) is 9.59 Å². The van der Waals surface area contributed by atoms with Gasteiger partial charge in [-0.25, -0.2) is 4.39 Å². The van der Waals surface area contributed by atoms with Crippen molar-refractivity contribution in [2.24, 2.45) is 5.41 Å². The highest BCUT2D eigenvalue weighted by molar-refractivity contribution is 6.06. The molecule has 1 aromatic heterocycles. The predicted molar refractivity (Wildman–Crippen MR) is 89.5 cm³/mol. The molecule has 3 rings (SSSR count). The van der Waals surface area contributed by atoms with Crippen LogP contribution in [-0.2, 0) is 0 Å². The van der Waals surface area contributed by atoms with E-state index in [0.29, 0.717) is 29.6 Å². The molecule has 6 heteroatoms. The quantitative estimate of drug-likeness (QED) is 0.906. The molecule has 128 valence electrons. The van der Waals surface area contributed by atoms with Crippen molar-refractivity contribution in [3.63, 3.8) is 0 Å². The number of aliphatic hydroxyl groups excluding tert-OH is 1. The maximum absolute atomic E-state index is 13.4. The number of fused-ring (bicyclic) bond motifs is 1. The molecule has 1 saturated heterocycles. The average Bonchev–Trinajstić information content (AvgIpc) is 2.60. The first-order valence-electron chi connectivity index (χ1n) is 8.21. The molecule has 1 fully saturated rings. The minimum atomic E-state index is -0.462. The number of likely N-dealkylation sites (tertiary alicyclic amines) is 1. The number of aromatic amines is 1. The van der Waals surface area contributed by atoms with Crippen LogP contribution in [0.25, 0.3) is 10.9 Å². The number of hydrogen-bond donors (Lipinski definition) is 2. The monoisotopic (exact) mass is 332 g/mol. The third-order valence-electron chi connectivity index (χ3n) is 5.23. The summed E-state index contributed by atoms with van der Waals surface area (Å²) in [6, 6.07) is 5.29. The van der Waals surface area contributed by atoms with E-state index in [4.69, 9.17) is 0 Å². The Morgan fingerprint density at radius 1 is 1.33 bits per heavy atom. The van der Waals surface area contributed by atoms with Gasteiger partial charge in [-0.1, -0.05) is 6.92 Å². The smallest absolute Gasteiger partial charge is 0.254 e. The highest BCUT2D eigenvalue weighted by Crippen LogP contribution is 2.34. The third kappa shape index (κ3) is 2.94. The number of nitrogens with one attached hydrogen (secondary N) is 1. The number of piperidine rings is 1. The van der Waals surface area contributed by atoms with Gasteiger partial charge in [0.2, 0.25) is 5.56 Å². The van der Waals surface area contributed by atoms with Crippen molar-refractivity contribution < 1.29 is 14.3 Å². The highest BCUT2D eigenvalue weighted by Gasteiger charge is 2.34. The van der Waals surface area contributed by atoms with Crippen molar-refractivity contribution in [3.05, 3.63) is 46.0 Å². The number of carbonyl (C=O) groups excluding carboxylic acids is 1. The van der Waals surface area contributed by atoms with Gasteiger partial charge in [0.25, 0.3) is 5.91 Å². The van der Waals surface area contributed by atoms with Crippen LogP contribution in [0.3, 0.4) is 0 Å². The lowest BCUT2D eigenvalue weighted by molar-refractivity contribution is 0.0339. The number of pyridine rings is 1. The second-order valence-corrected chi connectivity index (χ2v) is 6.54. The molecule has 5 nitrogen and oxygen atoms in total. The molecule has 0 spiro atoms. The number of rotatable bonds is 3. The molecule has 0 radical (unpaired) electrons. The van der Waals surface area contributed by atoms with Gasteiger partial charge in [-0.05, 0) is 42.9 Å². The zero-order valence-corrected chi connectivity index (χ0v) is 13.6. The van der Waals surface area contributed by atoms with Gasteiger partial charge in [0.05, 0.1) is 11.1 Å². The molecule has 0 saturated carbocycles. The summed E-state index contributed by atoms with van der Waals surface area (Å²) in [6.07, 6.45) is 2.35. The SMILES string of the molecule is CCC1(CO)CCN(C(=O)c2cc(=O)[nH]c3cc(F)ccc23)CC1. The lowest BCUT2D eigenvalue weighted by atomic mass is 9.77. The fourth-order valence-electron chi connectivity index (χ4n) is 3.39. The fourth-order valence-corrected chi connectivity index (χ4v) is 3.39. The van der Waals surface area contributed by atoms with E-state index in [9.17, 15) is 19.1 Å². The Labute approximate surface area is 139 Å². The number of aliphatic hydroxyl groups is 1. The molecule has 1 amide bonds. The maximum Gasteiger partial charge on any atom is 0.254 e. The third-order valence-corrected chi connectivity index (χ3v) is 5.23. The molecule has 0 unspecified atom stereocenters. The first-order valence-corrected chi connectivity index (χ1v) is 8.21.